The van der Waals surface area contributed by atoms with E-state index in [1.807, 2.05) is 0 Å². The van der Waals surface area contributed by atoms with E-state index in [0.717, 1.165) is 28.4 Å². The quantitative estimate of drug-likeness (QED) is 0.814. The SMILES string of the molecule is CCC(CC)CNCc1ncc(Cl)s1. The summed E-state index contributed by atoms with van der Waals surface area (Å²) in [6, 6.07) is 0. The summed E-state index contributed by atoms with van der Waals surface area (Å²) < 4.78 is 0.768. The lowest BCUT2D eigenvalue weighted by Gasteiger charge is -2.11. The van der Waals surface area contributed by atoms with Gasteiger partial charge in [-0.3, -0.25) is 0 Å². The molecule has 0 aliphatic rings. The van der Waals surface area contributed by atoms with Crippen LogP contribution in [0, 0.1) is 5.92 Å². The van der Waals surface area contributed by atoms with Crippen LogP contribution in [-0.4, -0.2) is 11.5 Å². The lowest BCUT2D eigenvalue weighted by Crippen LogP contribution is -2.21. The number of halogens is 1. The van der Waals surface area contributed by atoms with E-state index in [0.29, 0.717) is 0 Å². The highest BCUT2D eigenvalue weighted by Crippen LogP contribution is 2.17. The van der Waals surface area contributed by atoms with Crippen molar-refractivity contribution in [1.82, 2.24) is 10.3 Å². The van der Waals surface area contributed by atoms with Crippen LogP contribution < -0.4 is 5.32 Å². The fourth-order valence-corrected chi connectivity index (χ4v) is 2.26. The Hall–Kier alpha value is -0.120. The number of aromatic nitrogens is 1. The molecule has 0 amide bonds. The van der Waals surface area contributed by atoms with Gasteiger partial charge in [0.1, 0.15) is 9.34 Å². The van der Waals surface area contributed by atoms with Crippen molar-refractivity contribution in [1.29, 1.82) is 0 Å². The Labute approximate surface area is 94.7 Å². The van der Waals surface area contributed by atoms with Crippen molar-refractivity contribution in [3.8, 4) is 0 Å². The van der Waals surface area contributed by atoms with Crippen LogP contribution in [0.5, 0.6) is 0 Å². The molecular formula is C10H17ClN2S. The Balaban J connectivity index is 2.21. The minimum Gasteiger partial charge on any atom is -0.310 e. The number of nitrogens with one attached hydrogen (secondary N) is 1. The van der Waals surface area contributed by atoms with Gasteiger partial charge in [0, 0.05) is 6.54 Å². The molecule has 0 aliphatic carbocycles. The molecule has 0 atom stereocenters. The van der Waals surface area contributed by atoms with E-state index in [2.05, 4.69) is 24.1 Å². The van der Waals surface area contributed by atoms with Crippen molar-refractivity contribution in [3.05, 3.63) is 15.5 Å². The molecule has 4 heteroatoms. The largest absolute Gasteiger partial charge is 0.310 e. The van der Waals surface area contributed by atoms with Crippen molar-refractivity contribution in [3.63, 3.8) is 0 Å². The zero-order chi connectivity index (χ0) is 10.4. The average molecular weight is 233 g/mol. The van der Waals surface area contributed by atoms with Crippen LogP contribution in [0.4, 0.5) is 0 Å². The molecule has 1 aromatic rings. The van der Waals surface area contributed by atoms with Gasteiger partial charge >= 0.3 is 0 Å². The molecule has 80 valence electrons. The third-order valence-corrected chi connectivity index (χ3v) is 3.50. The van der Waals surface area contributed by atoms with Gasteiger partial charge in [-0.15, -0.1) is 11.3 Å². The minimum atomic E-state index is 0.768. The smallest absolute Gasteiger partial charge is 0.113 e. The van der Waals surface area contributed by atoms with Crippen molar-refractivity contribution in [2.24, 2.45) is 5.92 Å². The Bertz CT molecular complexity index is 258. The predicted molar refractivity (Wildman–Crippen MR) is 62.9 cm³/mol. The molecule has 0 saturated carbocycles. The first-order chi connectivity index (χ1) is 6.76. The molecule has 2 nitrogen and oxygen atoms in total. The second-order valence-corrected chi connectivity index (χ2v) is 5.12. The highest BCUT2D eigenvalue weighted by molar-refractivity contribution is 7.15. The van der Waals surface area contributed by atoms with E-state index in [4.69, 9.17) is 11.6 Å². The molecule has 0 fully saturated rings. The molecule has 1 heterocycles. The maximum absolute atomic E-state index is 5.78. The Morgan fingerprint density at radius 1 is 1.50 bits per heavy atom. The summed E-state index contributed by atoms with van der Waals surface area (Å²) in [6.07, 6.45) is 4.19. The zero-order valence-corrected chi connectivity index (χ0v) is 10.3. The van der Waals surface area contributed by atoms with Crippen molar-refractivity contribution in [2.45, 2.75) is 33.2 Å². The molecule has 1 N–H and O–H groups in total. The van der Waals surface area contributed by atoms with Crippen LogP contribution in [0.25, 0.3) is 0 Å². The third-order valence-electron chi connectivity index (χ3n) is 2.39. The maximum atomic E-state index is 5.78. The average Bonchev–Trinajstić information content (AvgIpc) is 2.59. The topological polar surface area (TPSA) is 24.9 Å². The summed E-state index contributed by atoms with van der Waals surface area (Å²) in [7, 11) is 0. The summed E-state index contributed by atoms with van der Waals surface area (Å²) in [5.74, 6) is 0.783. The van der Waals surface area contributed by atoms with Gasteiger partial charge in [-0.25, -0.2) is 4.98 Å². The highest BCUT2D eigenvalue weighted by atomic mass is 35.5. The number of nitrogens with zero attached hydrogens (tertiary/aromatic N) is 1. The second kappa shape index (κ2) is 6.38. The lowest BCUT2D eigenvalue weighted by atomic mass is 10.0. The van der Waals surface area contributed by atoms with Crippen molar-refractivity contribution >= 4 is 22.9 Å². The summed E-state index contributed by atoms with van der Waals surface area (Å²) in [5.41, 5.74) is 0. The molecular weight excluding hydrogens is 216 g/mol. The van der Waals surface area contributed by atoms with Crippen LogP contribution in [0.1, 0.15) is 31.7 Å². The van der Waals surface area contributed by atoms with E-state index in [-0.39, 0.29) is 0 Å². The first-order valence-corrected chi connectivity index (χ1v) is 6.26. The predicted octanol–water partition coefficient (Wildman–Crippen LogP) is 3.32. The van der Waals surface area contributed by atoms with Gasteiger partial charge in [0.2, 0.25) is 0 Å². The fourth-order valence-electron chi connectivity index (χ4n) is 1.33. The standard InChI is InChI=1S/C10H17ClN2S/c1-3-8(4-2)5-12-7-10-13-6-9(11)14-10/h6,8,12H,3-5,7H2,1-2H3. The summed E-state index contributed by atoms with van der Waals surface area (Å²) in [6.45, 7) is 6.38. The Morgan fingerprint density at radius 3 is 2.71 bits per heavy atom. The normalized spacial score (nSPS) is 11.1. The highest BCUT2D eigenvalue weighted by Gasteiger charge is 2.03. The number of rotatable bonds is 6. The van der Waals surface area contributed by atoms with Gasteiger partial charge in [0.25, 0.3) is 0 Å². The molecule has 0 spiro atoms. The van der Waals surface area contributed by atoms with Gasteiger partial charge in [0.15, 0.2) is 0 Å². The van der Waals surface area contributed by atoms with E-state index in [9.17, 15) is 0 Å². The molecule has 0 aromatic carbocycles. The Morgan fingerprint density at radius 2 is 2.21 bits per heavy atom. The van der Waals surface area contributed by atoms with Crippen LogP contribution in [0.3, 0.4) is 0 Å². The lowest BCUT2D eigenvalue weighted by molar-refractivity contribution is 0.449. The molecule has 0 unspecified atom stereocenters. The minimum absolute atomic E-state index is 0.768. The summed E-state index contributed by atoms with van der Waals surface area (Å²) >= 11 is 7.33. The van der Waals surface area contributed by atoms with Crippen LogP contribution in [0.2, 0.25) is 4.34 Å². The molecule has 0 bridgehead atoms. The van der Waals surface area contributed by atoms with Crippen LogP contribution in [0.15, 0.2) is 6.20 Å². The number of hydrogen-bond acceptors (Lipinski definition) is 3. The molecule has 1 aromatic heterocycles. The summed E-state index contributed by atoms with van der Waals surface area (Å²) in [5, 5.41) is 4.48. The molecule has 0 radical (unpaired) electrons. The molecule has 0 aliphatic heterocycles. The van der Waals surface area contributed by atoms with E-state index < -0.39 is 0 Å². The van der Waals surface area contributed by atoms with E-state index >= 15 is 0 Å². The molecule has 0 saturated heterocycles. The summed E-state index contributed by atoms with van der Waals surface area (Å²) in [4.78, 5) is 4.19. The number of hydrogen-bond donors (Lipinski definition) is 1. The van der Waals surface area contributed by atoms with E-state index in [1.54, 1.807) is 17.5 Å². The zero-order valence-electron chi connectivity index (χ0n) is 8.72. The van der Waals surface area contributed by atoms with Crippen molar-refractivity contribution < 1.29 is 0 Å². The van der Waals surface area contributed by atoms with Crippen LogP contribution >= 0.6 is 22.9 Å². The number of thiazole rings is 1. The third kappa shape index (κ3) is 3.95. The van der Waals surface area contributed by atoms with Gasteiger partial charge in [0.05, 0.1) is 6.20 Å². The first kappa shape index (κ1) is 12.0. The maximum Gasteiger partial charge on any atom is 0.113 e. The van der Waals surface area contributed by atoms with Gasteiger partial charge in [-0.2, -0.15) is 0 Å². The first-order valence-electron chi connectivity index (χ1n) is 5.07. The second-order valence-electron chi connectivity index (χ2n) is 3.37. The van der Waals surface area contributed by atoms with Gasteiger partial charge in [-0.1, -0.05) is 38.3 Å². The van der Waals surface area contributed by atoms with Crippen LogP contribution in [-0.2, 0) is 6.54 Å². The monoisotopic (exact) mass is 232 g/mol. The molecule has 14 heavy (non-hydrogen) atoms. The van der Waals surface area contributed by atoms with Crippen molar-refractivity contribution in [2.75, 3.05) is 6.54 Å². The molecule has 1 rings (SSSR count). The van der Waals surface area contributed by atoms with E-state index in [1.165, 1.54) is 12.8 Å². The van der Waals surface area contributed by atoms with Gasteiger partial charge < -0.3 is 5.32 Å². The fraction of sp³-hybridized carbons (Fsp3) is 0.700. The Kier molecular flexibility index (Phi) is 5.45. The van der Waals surface area contributed by atoms with Gasteiger partial charge in [-0.05, 0) is 12.5 Å².